The van der Waals surface area contributed by atoms with Gasteiger partial charge in [-0.2, -0.15) is 5.26 Å². The first-order valence-corrected chi connectivity index (χ1v) is 8.19. The average molecular weight is 348 g/mol. The van der Waals surface area contributed by atoms with Crippen LogP contribution in [0.2, 0.25) is 0 Å². The van der Waals surface area contributed by atoms with Crippen LogP contribution >= 0.6 is 15.9 Å². The van der Waals surface area contributed by atoms with Crippen LogP contribution in [0.5, 0.6) is 0 Å². The molecule has 1 aromatic rings. The number of piperidine rings is 1. The van der Waals surface area contributed by atoms with Crippen LogP contribution in [0.25, 0.3) is 0 Å². The van der Waals surface area contributed by atoms with E-state index in [0.29, 0.717) is 35.7 Å². The molecule has 2 unspecified atom stereocenters. The first-order valence-electron chi connectivity index (χ1n) is 7.39. The maximum atomic E-state index is 12.2. The number of nitriles is 1. The van der Waals surface area contributed by atoms with E-state index in [1.165, 1.54) is 12.8 Å². The maximum absolute atomic E-state index is 12.2. The summed E-state index contributed by atoms with van der Waals surface area (Å²) in [6.45, 7) is 0. The largest absolute Gasteiger partial charge is 0.325 e. The Morgan fingerprint density at radius 2 is 2.10 bits per heavy atom. The summed E-state index contributed by atoms with van der Waals surface area (Å²) in [6, 6.07) is 8.64. The Balaban J connectivity index is 1.61. The molecule has 0 radical (unpaired) electrons. The van der Waals surface area contributed by atoms with Gasteiger partial charge in [-0.05, 0) is 49.8 Å². The van der Waals surface area contributed by atoms with Gasteiger partial charge >= 0.3 is 0 Å². The highest BCUT2D eigenvalue weighted by atomic mass is 79.9. The highest BCUT2D eigenvalue weighted by Crippen LogP contribution is 2.33. The fourth-order valence-electron chi connectivity index (χ4n) is 3.52. The van der Waals surface area contributed by atoms with E-state index in [9.17, 15) is 4.79 Å². The highest BCUT2D eigenvalue weighted by molar-refractivity contribution is 9.10. The van der Waals surface area contributed by atoms with Crippen molar-refractivity contribution in [3.05, 3.63) is 28.2 Å². The Labute approximate surface area is 133 Å². The first kappa shape index (κ1) is 14.6. The Hall–Kier alpha value is -1.38. The predicted molar refractivity (Wildman–Crippen MR) is 84.8 cm³/mol. The van der Waals surface area contributed by atoms with E-state index >= 15 is 0 Å². The third-order valence-electron chi connectivity index (χ3n) is 4.42. The van der Waals surface area contributed by atoms with Gasteiger partial charge in [-0.25, -0.2) is 0 Å². The van der Waals surface area contributed by atoms with E-state index in [4.69, 9.17) is 5.26 Å². The number of amides is 1. The van der Waals surface area contributed by atoms with Crippen molar-refractivity contribution >= 4 is 27.5 Å². The molecule has 1 amide bonds. The Morgan fingerprint density at radius 1 is 1.38 bits per heavy atom. The third-order valence-corrected chi connectivity index (χ3v) is 4.91. The fraction of sp³-hybridized carbons (Fsp3) is 0.500. The van der Waals surface area contributed by atoms with Gasteiger partial charge in [0.25, 0.3) is 0 Å². The molecule has 2 saturated heterocycles. The molecule has 110 valence electrons. The van der Waals surface area contributed by atoms with Crippen LogP contribution in [0.4, 0.5) is 5.69 Å². The van der Waals surface area contributed by atoms with Crippen molar-refractivity contribution in [2.45, 2.75) is 44.2 Å². The molecule has 21 heavy (non-hydrogen) atoms. The molecule has 2 aliphatic rings. The van der Waals surface area contributed by atoms with Gasteiger partial charge in [-0.3, -0.25) is 4.79 Å². The normalized spacial score (nSPS) is 27.1. The minimum Gasteiger partial charge on any atom is -0.325 e. The van der Waals surface area contributed by atoms with Gasteiger partial charge in [0, 0.05) is 23.0 Å². The van der Waals surface area contributed by atoms with E-state index in [1.54, 1.807) is 12.1 Å². The fourth-order valence-corrected chi connectivity index (χ4v) is 3.88. The van der Waals surface area contributed by atoms with Crippen LogP contribution < -0.4 is 10.6 Å². The Kier molecular flexibility index (Phi) is 4.27. The molecule has 2 heterocycles. The van der Waals surface area contributed by atoms with Crippen LogP contribution in [0.15, 0.2) is 22.7 Å². The van der Waals surface area contributed by atoms with Crippen LogP contribution in [0.3, 0.4) is 0 Å². The second-order valence-corrected chi connectivity index (χ2v) is 6.94. The SMILES string of the molecule is N#Cc1cc(Br)ccc1NC(=O)CC1CC2CCC(C1)N2. The number of halogens is 1. The molecule has 5 heteroatoms. The number of carbonyl (C=O) groups is 1. The van der Waals surface area contributed by atoms with Gasteiger partial charge in [-0.1, -0.05) is 15.9 Å². The molecule has 2 aliphatic heterocycles. The standard InChI is InChI=1S/C16H18BrN3O/c17-12-1-4-15(11(8-12)9-18)20-16(21)7-10-5-13-2-3-14(6-10)19-13/h1,4,8,10,13-14,19H,2-3,5-7H2,(H,20,21). The van der Waals surface area contributed by atoms with Crippen molar-refractivity contribution in [3.8, 4) is 6.07 Å². The third kappa shape index (κ3) is 3.45. The van der Waals surface area contributed by atoms with Crippen molar-refractivity contribution in [2.75, 3.05) is 5.32 Å². The molecule has 0 aliphatic carbocycles. The number of hydrogen-bond acceptors (Lipinski definition) is 3. The van der Waals surface area contributed by atoms with Crippen LogP contribution in [-0.4, -0.2) is 18.0 Å². The molecule has 2 atom stereocenters. The molecule has 0 aromatic heterocycles. The highest BCUT2D eigenvalue weighted by Gasteiger charge is 2.34. The second kappa shape index (κ2) is 6.17. The zero-order valence-electron chi connectivity index (χ0n) is 11.7. The Morgan fingerprint density at radius 3 is 2.76 bits per heavy atom. The van der Waals surface area contributed by atoms with Crippen molar-refractivity contribution in [1.82, 2.24) is 5.32 Å². The monoisotopic (exact) mass is 347 g/mol. The lowest BCUT2D eigenvalue weighted by atomic mass is 9.89. The molecule has 2 fully saturated rings. The minimum atomic E-state index is 0.0140. The van der Waals surface area contributed by atoms with E-state index in [1.807, 2.05) is 6.07 Å². The lowest BCUT2D eigenvalue weighted by Crippen LogP contribution is -2.39. The van der Waals surface area contributed by atoms with Gasteiger partial charge in [0.05, 0.1) is 11.3 Å². The smallest absolute Gasteiger partial charge is 0.224 e. The molecule has 0 spiro atoms. The molecular weight excluding hydrogens is 330 g/mol. The summed E-state index contributed by atoms with van der Waals surface area (Å²) in [5.41, 5.74) is 1.09. The number of nitrogens with zero attached hydrogens (tertiary/aromatic N) is 1. The van der Waals surface area contributed by atoms with Gasteiger partial charge in [0.15, 0.2) is 0 Å². The number of fused-ring (bicyclic) bond motifs is 2. The molecule has 2 N–H and O–H groups in total. The second-order valence-electron chi connectivity index (χ2n) is 6.03. The van der Waals surface area contributed by atoms with E-state index < -0.39 is 0 Å². The predicted octanol–water partition coefficient (Wildman–Crippen LogP) is 3.18. The van der Waals surface area contributed by atoms with Crippen LogP contribution in [0, 0.1) is 17.2 Å². The lowest BCUT2D eigenvalue weighted by Gasteiger charge is -2.28. The molecular formula is C16H18BrN3O. The van der Waals surface area contributed by atoms with Gasteiger partial charge < -0.3 is 10.6 Å². The van der Waals surface area contributed by atoms with E-state index in [2.05, 4.69) is 32.6 Å². The summed E-state index contributed by atoms with van der Waals surface area (Å²) in [4.78, 5) is 12.2. The van der Waals surface area contributed by atoms with Crippen molar-refractivity contribution in [1.29, 1.82) is 5.26 Å². The minimum absolute atomic E-state index is 0.0140. The molecule has 1 aromatic carbocycles. The lowest BCUT2D eigenvalue weighted by molar-refractivity contribution is -0.117. The summed E-state index contributed by atoms with van der Waals surface area (Å²) in [5, 5.41) is 15.6. The van der Waals surface area contributed by atoms with Crippen LogP contribution in [0.1, 0.15) is 37.7 Å². The molecule has 3 rings (SSSR count). The number of carbonyl (C=O) groups excluding carboxylic acids is 1. The number of hydrogen-bond donors (Lipinski definition) is 2. The van der Waals surface area contributed by atoms with E-state index in [-0.39, 0.29) is 5.91 Å². The van der Waals surface area contributed by atoms with Crippen LogP contribution in [-0.2, 0) is 4.79 Å². The topological polar surface area (TPSA) is 64.9 Å². The average Bonchev–Trinajstić information content (AvgIpc) is 2.80. The molecule has 4 nitrogen and oxygen atoms in total. The van der Waals surface area contributed by atoms with Crippen molar-refractivity contribution in [3.63, 3.8) is 0 Å². The number of nitrogens with one attached hydrogen (secondary N) is 2. The maximum Gasteiger partial charge on any atom is 0.224 e. The zero-order chi connectivity index (χ0) is 14.8. The summed E-state index contributed by atoms with van der Waals surface area (Å²) < 4.78 is 0.840. The van der Waals surface area contributed by atoms with Crippen molar-refractivity contribution in [2.24, 2.45) is 5.92 Å². The summed E-state index contributed by atoms with van der Waals surface area (Å²) in [6.07, 6.45) is 5.22. The first-order chi connectivity index (χ1) is 10.1. The molecule has 2 bridgehead atoms. The summed E-state index contributed by atoms with van der Waals surface area (Å²) >= 11 is 3.33. The summed E-state index contributed by atoms with van der Waals surface area (Å²) in [7, 11) is 0. The van der Waals surface area contributed by atoms with Crippen molar-refractivity contribution < 1.29 is 4.79 Å². The number of rotatable bonds is 3. The molecule has 0 saturated carbocycles. The zero-order valence-corrected chi connectivity index (χ0v) is 13.3. The van der Waals surface area contributed by atoms with Gasteiger partial charge in [0.1, 0.15) is 6.07 Å². The number of anilines is 1. The van der Waals surface area contributed by atoms with E-state index in [0.717, 1.165) is 17.3 Å². The summed E-state index contributed by atoms with van der Waals surface area (Å²) in [5.74, 6) is 0.477. The quantitative estimate of drug-likeness (QED) is 0.882. The van der Waals surface area contributed by atoms with Gasteiger partial charge in [0.2, 0.25) is 5.91 Å². The number of benzene rings is 1. The Bertz CT molecular complexity index is 584. The van der Waals surface area contributed by atoms with Gasteiger partial charge in [-0.15, -0.1) is 0 Å².